The molecule has 3 aromatic rings. The van der Waals surface area contributed by atoms with Gasteiger partial charge in [-0.25, -0.2) is 4.98 Å². The number of aromatic nitrogens is 3. The molecule has 2 aromatic heterocycles. The summed E-state index contributed by atoms with van der Waals surface area (Å²) < 4.78 is 1.69. The molecular weight excluding hydrogens is 238 g/mol. The number of para-hydroxylation sites is 1. The molecule has 0 unspecified atom stereocenters. The second kappa shape index (κ2) is 4.65. The van der Waals surface area contributed by atoms with Crippen LogP contribution < -0.4 is 0 Å². The van der Waals surface area contributed by atoms with Gasteiger partial charge in [0.1, 0.15) is 5.69 Å². The maximum atomic E-state index is 12.2. The topological polar surface area (TPSA) is 47.8 Å². The molecule has 4 heteroatoms. The van der Waals surface area contributed by atoms with Crippen LogP contribution in [0, 0.1) is 0 Å². The number of Topliss-reactive ketones (excluding diaryl/α,β-unsaturated/α-hetero) is 1. The standard InChI is InChI=1S/C15H13N3O/c1-18-9-8-12(17-18)10-15(19)14-7-6-11-4-2-3-5-13(11)16-14/h2-9H,10H2,1H3. The van der Waals surface area contributed by atoms with Crippen molar-refractivity contribution >= 4 is 16.7 Å². The highest BCUT2D eigenvalue weighted by Gasteiger charge is 2.10. The maximum Gasteiger partial charge on any atom is 0.187 e. The van der Waals surface area contributed by atoms with E-state index in [9.17, 15) is 4.79 Å². The van der Waals surface area contributed by atoms with Gasteiger partial charge in [0, 0.05) is 18.6 Å². The lowest BCUT2D eigenvalue weighted by atomic mass is 10.1. The van der Waals surface area contributed by atoms with Crippen molar-refractivity contribution < 1.29 is 4.79 Å². The first-order valence-electron chi connectivity index (χ1n) is 6.10. The van der Waals surface area contributed by atoms with E-state index in [4.69, 9.17) is 0 Å². The van der Waals surface area contributed by atoms with E-state index in [-0.39, 0.29) is 12.2 Å². The Kier molecular flexibility index (Phi) is 2.83. The van der Waals surface area contributed by atoms with Crippen LogP contribution in [0.25, 0.3) is 10.9 Å². The Labute approximate surface area is 110 Å². The molecule has 0 saturated carbocycles. The van der Waals surface area contributed by atoms with Crippen molar-refractivity contribution in [3.8, 4) is 0 Å². The summed E-state index contributed by atoms with van der Waals surface area (Å²) in [7, 11) is 1.84. The zero-order valence-corrected chi connectivity index (χ0v) is 10.6. The molecule has 0 aliphatic rings. The number of carbonyl (C=O) groups excluding carboxylic acids is 1. The van der Waals surface area contributed by atoms with Crippen molar-refractivity contribution in [1.29, 1.82) is 0 Å². The van der Waals surface area contributed by atoms with E-state index < -0.39 is 0 Å². The Hall–Kier alpha value is -2.49. The number of aryl methyl sites for hydroxylation is 1. The van der Waals surface area contributed by atoms with Gasteiger partial charge in [0.05, 0.1) is 17.6 Å². The van der Waals surface area contributed by atoms with Crippen molar-refractivity contribution in [1.82, 2.24) is 14.8 Å². The van der Waals surface area contributed by atoms with Gasteiger partial charge in [-0.2, -0.15) is 5.10 Å². The van der Waals surface area contributed by atoms with Crippen LogP contribution >= 0.6 is 0 Å². The number of carbonyl (C=O) groups is 1. The third-order valence-corrected chi connectivity index (χ3v) is 2.99. The zero-order valence-electron chi connectivity index (χ0n) is 10.6. The highest BCUT2D eigenvalue weighted by molar-refractivity contribution is 5.97. The number of ketones is 1. The largest absolute Gasteiger partial charge is 0.292 e. The lowest BCUT2D eigenvalue weighted by molar-refractivity contribution is 0.0987. The molecule has 0 atom stereocenters. The van der Waals surface area contributed by atoms with Crippen LogP contribution in [0.15, 0.2) is 48.7 Å². The molecule has 0 N–H and O–H groups in total. The summed E-state index contributed by atoms with van der Waals surface area (Å²) in [6, 6.07) is 13.3. The summed E-state index contributed by atoms with van der Waals surface area (Å²) in [6.07, 6.45) is 2.11. The minimum atomic E-state index is -0.00977. The molecule has 0 radical (unpaired) electrons. The number of pyridine rings is 1. The van der Waals surface area contributed by atoms with E-state index >= 15 is 0 Å². The van der Waals surface area contributed by atoms with E-state index in [0.717, 1.165) is 16.6 Å². The fraction of sp³-hybridized carbons (Fsp3) is 0.133. The second-order valence-corrected chi connectivity index (χ2v) is 4.47. The minimum absolute atomic E-state index is 0.00977. The van der Waals surface area contributed by atoms with Crippen molar-refractivity contribution in [3.05, 3.63) is 60.0 Å². The maximum absolute atomic E-state index is 12.2. The Morgan fingerprint density at radius 3 is 2.79 bits per heavy atom. The van der Waals surface area contributed by atoms with Gasteiger partial charge in [0.2, 0.25) is 0 Å². The molecule has 0 amide bonds. The molecule has 1 aromatic carbocycles. The third kappa shape index (κ3) is 2.38. The summed E-state index contributed by atoms with van der Waals surface area (Å²) in [5.41, 5.74) is 2.10. The average molecular weight is 251 g/mol. The Balaban J connectivity index is 1.89. The lowest BCUT2D eigenvalue weighted by Crippen LogP contribution is -2.07. The van der Waals surface area contributed by atoms with Gasteiger partial charge in [-0.1, -0.05) is 24.3 Å². The van der Waals surface area contributed by atoms with Gasteiger partial charge in [0.15, 0.2) is 5.78 Å². The van der Waals surface area contributed by atoms with Crippen molar-refractivity contribution in [3.63, 3.8) is 0 Å². The minimum Gasteiger partial charge on any atom is -0.292 e. The van der Waals surface area contributed by atoms with Gasteiger partial charge in [-0.15, -0.1) is 0 Å². The molecule has 94 valence electrons. The molecule has 0 fully saturated rings. The molecule has 0 bridgehead atoms. The van der Waals surface area contributed by atoms with Gasteiger partial charge in [-0.05, 0) is 18.2 Å². The molecule has 2 heterocycles. The molecular formula is C15H13N3O. The average Bonchev–Trinajstić information content (AvgIpc) is 2.83. The molecule has 0 aliphatic heterocycles. The molecule has 3 rings (SSSR count). The van der Waals surface area contributed by atoms with E-state index in [0.29, 0.717) is 5.69 Å². The van der Waals surface area contributed by atoms with Gasteiger partial charge in [0.25, 0.3) is 0 Å². The normalized spacial score (nSPS) is 10.8. The van der Waals surface area contributed by atoms with Crippen LogP contribution in [0.4, 0.5) is 0 Å². The molecule has 0 spiro atoms. The summed E-state index contributed by atoms with van der Waals surface area (Å²) in [4.78, 5) is 16.5. The van der Waals surface area contributed by atoms with Gasteiger partial charge < -0.3 is 0 Å². The highest BCUT2D eigenvalue weighted by Crippen LogP contribution is 2.13. The SMILES string of the molecule is Cn1ccc(CC(=O)c2ccc3ccccc3n2)n1. The molecule has 0 saturated heterocycles. The smallest absolute Gasteiger partial charge is 0.187 e. The molecule has 0 aliphatic carbocycles. The first kappa shape index (κ1) is 11.6. The zero-order chi connectivity index (χ0) is 13.2. The van der Waals surface area contributed by atoms with Crippen LogP contribution in [-0.4, -0.2) is 20.5 Å². The van der Waals surface area contributed by atoms with E-state index in [1.807, 2.05) is 49.6 Å². The van der Waals surface area contributed by atoms with Crippen molar-refractivity contribution in [2.24, 2.45) is 7.05 Å². The number of rotatable bonds is 3. The van der Waals surface area contributed by atoms with Gasteiger partial charge in [-0.3, -0.25) is 9.48 Å². The van der Waals surface area contributed by atoms with Crippen LogP contribution in [0.2, 0.25) is 0 Å². The first-order valence-corrected chi connectivity index (χ1v) is 6.10. The number of fused-ring (bicyclic) bond motifs is 1. The van der Waals surface area contributed by atoms with Gasteiger partial charge >= 0.3 is 0 Å². The van der Waals surface area contributed by atoms with Crippen LogP contribution in [0.3, 0.4) is 0 Å². The number of benzene rings is 1. The summed E-state index contributed by atoms with van der Waals surface area (Å²) in [5, 5.41) is 5.25. The summed E-state index contributed by atoms with van der Waals surface area (Å²) in [6.45, 7) is 0. The number of hydrogen-bond donors (Lipinski definition) is 0. The van der Waals surface area contributed by atoms with Crippen LogP contribution in [0.5, 0.6) is 0 Å². The predicted molar refractivity (Wildman–Crippen MR) is 73.0 cm³/mol. The van der Waals surface area contributed by atoms with Crippen LogP contribution in [-0.2, 0) is 13.5 Å². The lowest BCUT2D eigenvalue weighted by Gasteiger charge is -2.01. The van der Waals surface area contributed by atoms with E-state index in [2.05, 4.69) is 10.1 Å². The van der Waals surface area contributed by atoms with Crippen LogP contribution in [0.1, 0.15) is 16.2 Å². The Morgan fingerprint density at radius 2 is 2.00 bits per heavy atom. The first-order chi connectivity index (χ1) is 9.22. The second-order valence-electron chi connectivity index (χ2n) is 4.47. The number of nitrogens with zero attached hydrogens (tertiary/aromatic N) is 3. The predicted octanol–water partition coefficient (Wildman–Crippen LogP) is 2.39. The quantitative estimate of drug-likeness (QED) is 0.671. The molecule has 4 nitrogen and oxygen atoms in total. The Bertz CT molecular complexity index is 746. The van der Waals surface area contributed by atoms with Crippen molar-refractivity contribution in [2.45, 2.75) is 6.42 Å². The Morgan fingerprint density at radius 1 is 1.16 bits per heavy atom. The monoisotopic (exact) mass is 251 g/mol. The fourth-order valence-corrected chi connectivity index (χ4v) is 2.03. The van der Waals surface area contributed by atoms with Crippen molar-refractivity contribution in [2.75, 3.05) is 0 Å². The fourth-order valence-electron chi connectivity index (χ4n) is 2.03. The third-order valence-electron chi connectivity index (χ3n) is 2.99. The summed E-state index contributed by atoms with van der Waals surface area (Å²) in [5.74, 6) is -0.00977. The highest BCUT2D eigenvalue weighted by atomic mass is 16.1. The summed E-state index contributed by atoms with van der Waals surface area (Å²) >= 11 is 0. The van der Waals surface area contributed by atoms with E-state index in [1.165, 1.54) is 0 Å². The van der Waals surface area contributed by atoms with E-state index in [1.54, 1.807) is 10.7 Å². The number of hydrogen-bond acceptors (Lipinski definition) is 3. The molecule has 19 heavy (non-hydrogen) atoms.